The summed E-state index contributed by atoms with van der Waals surface area (Å²) >= 11 is 0. The van der Waals surface area contributed by atoms with Crippen molar-refractivity contribution < 1.29 is 45.4 Å². The van der Waals surface area contributed by atoms with Crippen LogP contribution in [0.15, 0.2) is 0 Å². The van der Waals surface area contributed by atoms with Crippen LogP contribution in [0.4, 0.5) is 22.0 Å². The number of ether oxygens (including phenoxy) is 2. The van der Waals surface area contributed by atoms with Crippen molar-refractivity contribution >= 4 is 20.3 Å². The largest absolute Gasteiger partial charge is 0.463 e. The highest BCUT2D eigenvalue weighted by atomic mass is 28.4. The molecule has 0 fully saturated rings. The van der Waals surface area contributed by atoms with Gasteiger partial charge in [-0.15, -0.1) is 0 Å². The van der Waals surface area contributed by atoms with Gasteiger partial charge in [0.2, 0.25) is 0 Å². The van der Waals surface area contributed by atoms with Gasteiger partial charge >= 0.3 is 29.6 Å². The summed E-state index contributed by atoms with van der Waals surface area (Å²) in [5.41, 5.74) is -5.73. The molecule has 5 nitrogen and oxygen atoms in total. The van der Waals surface area contributed by atoms with Crippen LogP contribution in [-0.2, 0) is 23.5 Å². The van der Waals surface area contributed by atoms with E-state index in [2.05, 4.69) is 4.74 Å². The molecule has 0 radical (unpaired) electrons. The van der Waals surface area contributed by atoms with Crippen LogP contribution in [0.1, 0.15) is 34.1 Å². The maximum Gasteiger partial charge on any atom is 0.457 e. The summed E-state index contributed by atoms with van der Waals surface area (Å²) in [6.45, 7) is 8.58. The van der Waals surface area contributed by atoms with Crippen LogP contribution in [0, 0.1) is 0 Å². The summed E-state index contributed by atoms with van der Waals surface area (Å²) in [7, 11) is -3.30. The highest BCUT2D eigenvalue weighted by Gasteiger charge is 2.80. The first-order valence-electron chi connectivity index (χ1n) is 7.87. The SMILES string of the molecule is CCCOC(=O)C(O[Si](C)(C)C)(C(=O)OC(C)(C)C)C(F)(F)C(F)(F)F. The van der Waals surface area contributed by atoms with Crippen LogP contribution in [0.5, 0.6) is 0 Å². The van der Waals surface area contributed by atoms with Gasteiger partial charge in [0, 0.05) is 0 Å². The van der Waals surface area contributed by atoms with Gasteiger partial charge in [0.15, 0.2) is 8.32 Å². The molecule has 0 rings (SSSR count). The summed E-state index contributed by atoms with van der Waals surface area (Å²) in [5.74, 6) is -10.1. The Hall–Kier alpha value is -1.23. The summed E-state index contributed by atoms with van der Waals surface area (Å²) in [4.78, 5) is 24.8. The molecule has 26 heavy (non-hydrogen) atoms. The van der Waals surface area contributed by atoms with E-state index in [1.165, 1.54) is 47.3 Å². The quantitative estimate of drug-likeness (QED) is 0.275. The molecule has 154 valence electrons. The van der Waals surface area contributed by atoms with Gasteiger partial charge in [-0.3, -0.25) is 0 Å². The Labute approximate surface area is 150 Å². The smallest absolute Gasteiger partial charge is 0.457 e. The second-order valence-electron chi connectivity index (χ2n) is 7.61. The van der Waals surface area contributed by atoms with E-state index in [0.29, 0.717) is 0 Å². The van der Waals surface area contributed by atoms with Crippen LogP contribution in [-0.4, -0.2) is 50.2 Å². The molecule has 0 N–H and O–H groups in total. The molecular formula is C15H25F5O5Si. The van der Waals surface area contributed by atoms with Crippen LogP contribution in [0.2, 0.25) is 19.6 Å². The molecule has 0 aromatic rings. The van der Waals surface area contributed by atoms with Crippen molar-refractivity contribution in [3.8, 4) is 0 Å². The Kier molecular flexibility index (Phi) is 7.42. The van der Waals surface area contributed by atoms with Gasteiger partial charge in [-0.05, 0) is 46.8 Å². The van der Waals surface area contributed by atoms with Crippen LogP contribution >= 0.6 is 0 Å². The monoisotopic (exact) mass is 408 g/mol. The average molecular weight is 408 g/mol. The Morgan fingerprint density at radius 2 is 1.38 bits per heavy atom. The molecule has 0 spiro atoms. The minimum absolute atomic E-state index is 0.140. The normalized spacial score (nSPS) is 16.0. The Balaban J connectivity index is 6.63. The molecule has 0 aliphatic carbocycles. The Bertz CT molecular complexity index is 522. The number of hydrogen-bond acceptors (Lipinski definition) is 5. The number of esters is 2. The van der Waals surface area contributed by atoms with E-state index < -0.39 is 50.2 Å². The first kappa shape index (κ1) is 24.8. The van der Waals surface area contributed by atoms with E-state index in [1.807, 2.05) is 0 Å². The Morgan fingerprint density at radius 1 is 0.923 bits per heavy atom. The number of halogens is 5. The van der Waals surface area contributed by atoms with Crippen molar-refractivity contribution in [3.05, 3.63) is 0 Å². The fraction of sp³-hybridized carbons (Fsp3) is 0.867. The molecular weight excluding hydrogens is 383 g/mol. The molecule has 0 amide bonds. The van der Waals surface area contributed by atoms with E-state index in [0.717, 1.165) is 0 Å². The number of rotatable bonds is 7. The third kappa shape index (κ3) is 5.63. The first-order valence-corrected chi connectivity index (χ1v) is 11.3. The topological polar surface area (TPSA) is 61.8 Å². The molecule has 0 aromatic heterocycles. The van der Waals surface area contributed by atoms with Crippen molar-refractivity contribution in [2.75, 3.05) is 6.61 Å². The van der Waals surface area contributed by atoms with Crippen molar-refractivity contribution in [1.29, 1.82) is 0 Å². The standard InChI is InChI=1S/C15H25F5O5Si/c1-8-9-23-10(21)13(25-26(5,6)7,11(22)24-12(2,3)4)14(16,17)15(18,19)20/h8-9H2,1-7H3. The van der Waals surface area contributed by atoms with Crippen molar-refractivity contribution in [2.24, 2.45) is 0 Å². The van der Waals surface area contributed by atoms with Crippen LogP contribution in [0.3, 0.4) is 0 Å². The predicted octanol–water partition coefficient (Wildman–Crippen LogP) is 4.07. The van der Waals surface area contributed by atoms with Gasteiger partial charge in [0.1, 0.15) is 5.60 Å². The fourth-order valence-electron chi connectivity index (χ4n) is 1.79. The predicted molar refractivity (Wildman–Crippen MR) is 85.3 cm³/mol. The van der Waals surface area contributed by atoms with Crippen LogP contribution < -0.4 is 0 Å². The molecule has 11 heteroatoms. The summed E-state index contributed by atoms with van der Waals surface area (Å²) in [6.07, 6.45) is -6.12. The van der Waals surface area contributed by atoms with Crippen LogP contribution in [0.25, 0.3) is 0 Å². The summed E-state index contributed by atoms with van der Waals surface area (Å²) in [5, 5.41) is 0. The second-order valence-corrected chi connectivity index (χ2v) is 12.0. The maximum atomic E-state index is 14.5. The highest BCUT2D eigenvalue weighted by Crippen LogP contribution is 2.48. The number of hydrogen-bond donors (Lipinski definition) is 0. The maximum absolute atomic E-state index is 14.5. The van der Waals surface area contributed by atoms with Gasteiger partial charge in [-0.25, -0.2) is 9.59 Å². The summed E-state index contributed by atoms with van der Waals surface area (Å²) < 4.78 is 82.5. The van der Waals surface area contributed by atoms with Gasteiger partial charge < -0.3 is 13.9 Å². The van der Waals surface area contributed by atoms with Crippen molar-refractivity contribution in [1.82, 2.24) is 0 Å². The van der Waals surface area contributed by atoms with Crippen molar-refractivity contribution in [2.45, 2.75) is 77.1 Å². The third-order valence-electron chi connectivity index (χ3n) is 2.67. The lowest BCUT2D eigenvalue weighted by Gasteiger charge is -2.41. The van der Waals surface area contributed by atoms with E-state index in [-0.39, 0.29) is 6.42 Å². The van der Waals surface area contributed by atoms with Gasteiger partial charge in [-0.2, -0.15) is 22.0 Å². The van der Waals surface area contributed by atoms with E-state index in [4.69, 9.17) is 9.16 Å². The third-order valence-corrected chi connectivity index (χ3v) is 3.59. The number of carbonyl (C=O) groups excluding carboxylic acids is 2. The molecule has 1 unspecified atom stereocenters. The molecule has 0 aromatic carbocycles. The zero-order valence-corrected chi connectivity index (χ0v) is 16.8. The first-order chi connectivity index (χ1) is 11.3. The minimum Gasteiger partial charge on any atom is -0.463 e. The lowest BCUT2D eigenvalue weighted by atomic mass is 9.94. The van der Waals surface area contributed by atoms with Gasteiger partial charge in [0.05, 0.1) is 6.61 Å². The Morgan fingerprint density at radius 3 is 1.69 bits per heavy atom. The number of carbonyl (C=O) groups is 2. The molecule has 0 aliphatic heterocycles. The average Bonchev–Trinajstić information content (AvgIpc) is 2.37. The lowest BCUT2D eigenvalue weighted by molar-refractivity contribution is -0.331. The summed E-state index contributed by atoms with van der Waals surface area (Å²) in [6, 6.07) is 0. The molecule has 0 aliphatic rings. The van der Waals surface area contributed by atoms with E-state index in [9.17, 15) is 31.5 Å². The van der Waals surface area contributed by atoms with Gasteiger partial charge in [-0.1, -0.05) is 6.92 Å². The lowest BCUT2D eigenvalue weighted by Crippen LogP contribution is -2.71. The minimum atomic E-state index is -6.26. The molecule has 0 saturated carbocycles. The molecule has 0 heterocycles. The fourth-order valence-corrected chi connectivity index (χ4v) is 3.01. The zero-order valence-electron chi connectivity index (χ0n) is 15.8. The second kappa shape index (κ2) is 7.79. The highest BCUT2D eigenvalue weighted by molar-refractivity contribution is 6.70. The zero-order chi connectivity index (χ0) is 21.2. The van der Waals surface area contributed by atoms with E-state index in [1.54, 1.807) is 0 Å². The van der Waals surface area contributed by atoms with Gasteiger partial charge in [0.25, 0.3) is 0 Å². The number of alkyl halides is 5. The molecule has 0 saturated heterocycles. The van der Waals surface area contributed by atoms with E-state index >= 15 is 0 Å². The molecule has 1 atom stereocenters. The van der Waals surface area contributed by atoms with Crippen molar-refractivity contribution in [3.63, 3.8) is 0 Å². The molecule has 0 bridgehead atoms.